The van der Waals surface area contributed by atoms with Gasteiger partial charge in [-0.05, 0) is 42.3 Å². The summed E-state index contributed by atoms with van der Waals surface area (Å²) in [5, 5.41) is 2.12. The van der Waals surface area contributed by atoms with E-state index in [4.69, 9.17) is 0 Å². The second kappa shape index (κ2) is 2.30. The van der Waals surface area contributed by atoms with Gasteiger partial charge in [-0.15, -0.1) is 11.3 Å². The average molecular weight is 175 g/mol. The molecule has 0 unspecified atom stereocenters. The van der Waals surface area contributed by atoms with Gasteiger partial charge in [-0.2, -0.15) is 0 Å². The second-order valence-electron chi connectivity index (χ2n) is 3.25. The Morgan fingerprint density at radius 2 is 2.33 bits per heavy atom. The van der Waals surface area contributed by atoms with Crippen LogP contribution < -0.4 is 0 Å². The lowest BCUT2D eigenvalue weighted by atomic mass is 10.2. The highest BCUT2D eigenvalue weighted by molar-refractivity contribution is 7.17. The molecule has 2 heterocycles. The summed E-state index contributed by atoms with van der Waals surface area (Å²) in [6.45, 7) is 0. The second-order valence-corrected chi connectivity index (χ2v) is 4.20. The third-order valence-electron chi connectivity index (χ3n) is 2.46. The number of rotatable bonds is 0. The molecule has 0 aliphatic heterocycles. The summed E-state index contributed by atoms with van der Waals surface area (Å²) in [6.07, 6.45) is 3.71. The van der Waals surface area contributed by atoms with E-state index in [1.807, 2.05) is 0 Å². The molecule has 12 heavy (non-hydrogen) atoms. The maximum absolute atomic E-state index is 4.63. The molecule has 0 radical (unpaired) electrons. The summed E-state index contributed by atoms with van der Waals surface area (Å²) in [5.41, 5.74) is 3.99. The van der Waals surface area contributed by atoms with Crippen LogP contribution in [0.4, 0.5) is 0 Å². The highest BCUT2D eigenvalue weighted by Crippen LogP contribution is 2.27. The lowest BCUT2D eigenvalue weighted by Gasteiger charge is -1.96. The van der Waals surface area contributed by atoms with Crippen molar-refractivity contribution in [3.63, 3.8) is 0 Å². The quantitative estimate of drug-likeness (QED) is 0.600. The summed E-state index contributed by atoms with van der Waals surface area (Å²) in [5.74, 6) is 0. The van der Waals surface area contributed by atoms with Crippen LogP contribution in [-0.4, -0.2) is 4.98 Å². The lowest BCUT2D eigenvalue weighted by molar-refractivity contribution is 0.901. The molecule has 2 aromatic heterocycles. The molecular weight excluding hydrogens is 166 g/mol. The third-order valence-corrected chi connectivity index (χ3v) is 3.32. The monoisotopic (exact) mass is 175 g/mol. The van der Waals surface area contributed by atoms with Gasteiger partial charge >= 0.3 is 0 Å². The fourth-order valence-electron chi connectivity index (χ4n) is 1.85. The molecule has 1 aliphatic rings. The molecule has 0 bridgehead atoms. The maximum atomic E-state index is 4.63. The van der Waals surface area contributed by atoms with Gasteiger partial charge in [0.1, 0.15) is 0 Å². The molecule has 1 aliphatic carbocycles. The van der Waals surface area contributed by atoms with Crippen molar-refractivity contribution in [2.75, 3.05) is 0 Å². The molecule has 1 nitrogen and oxygen atoms in total. The number of thiophene rings is 1. The fourth-order valence-corrected chi connectivity index (χ4v) is 2.64. The Balaban J connectivity index is 2.38. The van der Waals surface area contributed by atoms with Crippen LogP contribution in [0.2, 0.25) is 0 Å². The van der Waals surface area contributed by atoms with Crippen LogP contribution in [0.3, 0.4) is 0 Å². The molecule has 0 atom stereocenters. The van der Waals surface area contributed by atoms with Crippen molar-refractivity contribution < 1.29 is 0 Å². The lowest BCUT2D eigenvalue weighted by Crippen LogP contribution is -1.86. The van der Waals surface area contributed by atoms with Crippen LogP contribution in [0.5, 0.6) is 0 Å². The summed E-state index contributed by atoms with van der Waals surface area (Å²) in [4.78, 5) is 4.63. The van der Waals surface area contributed by atoms with Crippen LogP contribution in [-0.2, 0) is 12.8 Å². The number of aryl methyl sites for hydroxylation is 2. The van der Waals surface area contributed by atoms with Gasteiger partial charge in [0, 0.05) is 5.69 Å². The number of aromatic nitrogens is 1. The molecule has 0 saturated carbocycles. The Morgan fingerprint density at radius 3 is 3.33 bits per heavy atom. The minimum Gasteiger partial charge on any atom is -0.252 e. The largest absolute Gasteiger partial charge is 0.252 e. The summed E-state index contributed by atoms with van der Waals surface area (Å²) in [6, 6.07) is 4.42. The molecular formula is C10H9NS. The molecule has 2 heteroatoms. The predicted molar refractivity (Wildman–Crippen MR) is 51.6 cm³/mol. The maximum Gasteiger partial charge on any atom is 0.0813 e. The van der Waals surface area contributed by atoms with E-state index in [1.165, 1.54) is 40.7 Å². The molecule has 60 valence electrons. The molecule has 2 aromatic rings. The van der Waals surface area contributed by atoms with Crippen molar-refractivity contribution in [2.45, 2.75) is 19.3 Å². The first kappa shape index (κ1) is 6.61. The highest BCUT2D eigenvalue weighted by atomic mass is 32.1. The molecule has 0 N–H and O–H groups in total. The minimum atomic E-state index is 1.18. The summed E-state index contributed by atoms with van der Waals surface area (Å²) < 4.78 is 1.34. The first-order chi connectivity index (χ1) is 5.93. The minimum absolute atomic E-state index is 1.18. The number of hydrogen-bond donors (Lipinski definition) is 0. The van der Waals surface area contributed by atoms with E-state index in [9.17, 15) is 0 Å². The van der Waals surface area contributed by atoms with Crippen molar-refractivity contribution in [1.82, 2.24) is 4.98 Å². The number of fused-ring (bicyclic) bond motifs is 2. The van der Waals surface area contributed by atoms with Crippen molar-refractivity contribution in [3.05, 3.63) is 28.8 Å². The fraction of sp³-hybridized carbons (Fsp3) is 0.300. The Morgan fingerprint density at radius 1 is 1.33 bits per heavy atom. The van der Waals surface area contributed by atoms with Crippen molar-refractivity contribution in [1.29, 1.82) is 0 Å². The van der Waals surface area contributed by atoms with Gasteiger partial charge in [0.2, 0.25) is 0 Å². The van der Waals surface area contributed by atoms with Gasteiger partial charge in [-0.3, -0.25) is 4.98 Å². The average Bonchev–Trinajstić information content (AvgIpc) is 2.64. The van der Waals surface area contributed by atoms with E-state index in [0.717, 1.165) is 0 Å². The zero-order chi connectivity index (χ0) is 7.97. The molecule has 3 rings (SSSR count). The van der Waals surface area contributed by atoms with E-state index in [1.54, 1.807) is 11.3 Å². The van der Waals surface area contributed by atoms with E-state index >= 15 is 0 Å². The predicted octanol–water partition coefficient (Wildman–Crippen LogP) is 2.79. The van der Waals surface area contributed by atoms with Gasteiger partial charge in [0.25, 0.3) is 0 Å². The molecule has 0 spiro atoms. The first-order valence-electron chi connectivity index (χ1n) is 4.29. The zero-order valence-corrected chi connectivity index (χ0v) is 7.53. The van der Waals surface area contributed by atoms with E-state index in [0.29, 0.717) is 0 Å². The molecule has 0 saturated heterocycles. The van der Waals surface area contributed by atoms with Crippen LogP contribution in [0.1, 0.15) is 17.7 Å². The van der Waals surface area contributed by atoms with Gasteiger partial charge in [-0.1, -0.05) is 0 Å². The highest BCUT2D eigenvalue weighted by Gasteiger charge is 2.12. The van der Waals surface area contributed by atoms with Gasteiger partial charge in [-0.25, -0.2) is 0 Å². The van der Waals surface area contributed by atoms with Gasteiger partial charge < -0.3 is 0 Å². The van der Waals surface area contributed by atoms with Crippen molar-refractivity contribution in [2.24, 2.45) is 0 Å². The van der Waals surface area contributed by atoms with Crippen LogP contribution in [0.15, 0.2) is 17.5 Å². The van der Waals surface area contributed by atoms with Crippen LogP contribution >= 0.6 is 11.3 Å². The first-order valence-corrected chi connectivity index (χ1v) is 5.17. The summed E-state index contributed by atoms with van der Waals surface area (Å²) >= 11 is 1.79. The standard InChI is InChI=1S/C10H9NS/c1-2-7-6-10-9(4-5-12-10)11-8(7)3-1/h4-6H,1-3H2. The summed E-state index contributed by atoms with van der Waals surface area (Å²) in [7, 11) is 0. The van der Waals surface area contributed by atoms with Crippen molar-refractivity contribution in [3.8, 4) is 0 Å². The van der Waals surface area contributed by atoms with Gasteiger partial charge in [0.15, 0.2) is 0 Å². The normalized spacial score (nSPS) is 15.3. The van der Waals surface area contributed by atoms with E-state index in [-0.39, 0.29) is 0 Å². The topological polar surface area (TPSA) is 12.9 Å². The molecule has 0 aromatic carbocycles. The smallest absolute Gasteiger partial charge is 0.0813 e. The molecule has 0 fully saturated rings. The van der Waals surface area contributed by atoms with Crippen LogP contribution in [0, 0.1) is 0 Å². The van der Waals surface area contributed by atoms with E-state index < -0.39 is 0 Å². The Bertz CT molecular complexity index is 392. The Hall–Kier alpha value is -0.890. The Labute approximate surface area is 75.1 Å². The van der Waals surface area contributed by atoms with Crippen LogP contribution in [0.25, 0.3) is 10.2 Å². The Kier molecular flexibility index (Phi) is 1.27. The number of pyridine rings is 1. The third kappa shape index (κ3) is 0.815. The number of hydrogen-bond acceptors (Lipinski definition) is 2. The number of nitrogens with zero attached hydrogens (tertiary/aromatic N) is 1. The zero-order valence-electron chi connectivity index (χ0n) is 6.71. The molecule has 0 amide bonds. The van der Waals surface area contributed by atoms with Gasteiger partial charge in [0.05, 0.1) is 10.2 Å². The van der Waals surface area contributed by atoms with Crippen molar-refractivity contribution >= 4 is 21.6 Å². The SMILES string of the molecule is c1cc2nc3c(cc2s1)CCC3. The van der Waals surface area contributed by atoms with E-state index in [2.05, 4.69) is 22.5 Å².